The summed E-state index contributed by atoms with van der Waals surface area (Å²) in [6.45, 7) is 0. The summed E-state index contributed by atoms with van der Waals surface area (Å²) in [5.74, 6) is -1.71. The molecule has 18 heavy (non-hydrogen) atoms. The fourth-order valence-corrected chi connectivity index (χ4v) is 3.15. The van der Waals surface area contributed by atoms with Gasteiger partial charge in [0.25, 0.3) is 0 Å². The Hall–Kier alpha value is -2.13. The van der Waals surface area contributed by atoms with E-state index in [0.717, 1.165) is 41.9 Å². The van der Waals surface area contributed by atoms with E-state index in [0.29, 0.717) is 10.6 Å². The molecule has 0 radical (unpaired) electrons. The number of amides is 1. The third-order valence-corrected chi connectivity index (χ3v) is 3.85. The zero-order valence-corrected chi connectivity index (χ0v) is 10.2. The Bertz CT molecular complexity index is 581. The molecule has 0 spiro atoms. The maximum Gasteiger partial charge on any atom is 0.328 e. The molecule has 0 aromatic carbocycles. The van der Waals surface area contributed by atoms with Gasteiger partial charge in [0.15, 0.2) is 0 Å². The van der Waals surface area contributed by atoms with Crippen LogP contribution in [0.4, 0.5) is 5.00 Å². The van der Waals surface area contributed by atoms with Gasteiger partial charge in [0.2, 0.25) is 5.91 Å². The number of nitrogens with zero attached hydrogens (tertiary/aromatic N) is 1. The van der Waals surface area contributed by atoms with Crippen molar-refractivity contribution in [2.75, 3.05) is 5.32 Å². The van der Waals surface area contributed by atoms with Crippen molar-refractivity contribution in [1.29, 1.82) is 5.26 Å². The fraction of sp³-hybridized carbons (Fsp3) is 0.250. The molecule has 2 N–H and O–H groups in total. The molecule has 1 heterocycles. The lowest BCUT2D eigenvalue weighted by Gasteiger charge is -1.99. The molecule has 0 fully saturated rings. The van der Waals surface area contributed by atoms with Gasteiger partial charge in [0, 0.05) is 17.0 Å². The topological polar surface area (TPSA) is 90.2 Å². The van der Waals surface area contributed by atoms with E-state index in [9.17, 15) is 9.59 Å². The summed E-state index contributed by atoms with van der Waals surface area (Å²) in [5, 5.41) is 20.6. The molecule has 1 aromatic heterocycles. The molecule has 1 aliphatic carbocycles. The number of anilines is 1. The summed E-state index contributed by atoms with van der Waals surface area (Å²) in [6, 6.07) is 2.10. The summed E-state index contributed by atoms with van der Waals surface area (Å²) in [7, 11) is 0. The van der Waals surface area contributed by atoms with Gasteiger partial charge >= 0.3 is 5.97 Å². The molecule has 1 aromatic rings. The lowest BCUT2D eigenvalue weighted by atomic mass is 10.1. The minimum Gasteiger partial charge on any atom is -0.478 e. The smallest absolute Gasteiger partial charge is 0.328 e. The summed E-state index contributed by atoms with van der Waals surface area (Å²) in [5.41, 5.74) is 1.55. The van der Waals surface area contributed by atoms with Gasteiger partial charge in [-0.2, -0.15) is 5.26 Å². The zero-order chi connectivity index (χ0) is 13.1. The third kappa shape index (κ3) is 2.41. The highest BCUT2D eigenvalue weighted by Crippen LogP contribution is 2.38. The number of carbonyl (C=O) groups excluding carboxylic acids is 1. The lowest BCUT2D eigenvalue weighted by Crippen LogP contribution is -2.08. The highest BCUT2D eigenvalue weighted by Gasteiger charge is 2.22. The average molecular weight is 262 g/mol. The number of hydrogen-bond donors (Lipinski definition) is 2. The van der Waals surface area contributed by atoms with E-state index in [1.165, 1.54) is 11.3 Å². The zero-order valence-electron chi connectivity index (χ0n) is 9.40. The molecule has 2 rings (SSSR count). The van der Waals surface area contributed by atoms with Crippen LogP contribution < -0.4 is 5.32 Å². The molecule has 0 saturated heterocycles. The number of aryl methyl sites for hydroxylation is 1. The molecule has 92 valence electrons. The molecule has 1 amide bonds. The molecule has 5 nitrogen and oxygen atoms in total. The van der Waals surface area contributed by atoms with Crippen LogP contribution in [0.15, 0.2) is 12.2 Å². The van der Waals surface area contributed by atoms with Crippen molar-refractivity contribution in [1.82, 2.24) is 0 Å². The van der Waals surface area contributed by atoms with Crippen LogP contribution in [0, 0.1) is 11.3 Å². The first-order valence-corrected chi connectivity index (χ1v) is 6.20. The number of hydrogen-bond acceptors (Lipinski definition) is 4. The van der Waals surface area contributed by atoms with Gasteiger partial charge in [-0.15, -0.1) is 11.3 Å². The van der Waals surface area contributed by atoms with Crippen molar-refractivity contribution >= 4 is 28.2 Å². The average Bonchev–Trinajstić information content (AvgIpc) is 2.86. The van der Waals surface area contributed by atoms with Crippen LogP contribution >= 0.6 is 11.3 Å². The van der Waals surface area contributed by atoms with Gasteiger partial charge in [0.05, 0.1) is 5.56 Å². The summed E-state index contributed by atoms with van der Waals surface area (Å²) < 4.78 is 0. The second-order valence-corrected chi connectivity index (χ2v) is 4.94. The number of rotatable bonds is 3. The van der Waals surface area contributed by atoms with Gasteiger partial charge in [-0.3, -0.25) is 4.79 Å². The lowest BCUT2D eigenvalue weighted by molar-refractivity contribution is -0.131. The molecule has 0 saturated carbocycles. The predicted octanol–water partition coefficient (Wildman–Crippen LogP) is 1.69. The Labute approximate surface area is 107 Å². The standard InChI is InChI=1S/C12H10N2O3S/c13-6-8-7-2-1-3-9(7)18-12(8)14-10(15)4-5-11(16)17/h4-5H,1-3H2,(H,14,15)(H,16,17)/b5-4+. The van der Waals surface area contributed by atoms with Crippen molar-refractivity contribution in [2.45, 2.75) is 19.3 Å². The highest BCUT2D eigenvalue weighted by molar-refractivity contribution is 7.16. The number of carboxylic acids is 1. The van der Waals surface area contributed by atoms with Gasteiger partial charge in [-0.1, -0.05) is 0 Å². The van der Waals surface area contributed by atoms with Crippen LogP contribution in [0.2, 0.25) is 0 Å². The van der Waals surface area contributed by atoms with E-state index < -0.39 is 11.9 Å². The first kappa shape index (κ1) is 12.3. The maximum atomic E-state index is 11.4. The largest absolute Gasteiger partial charge is 0.478 e. The predicted molar refractivity (Wildman–Crippen MR) is 66.5 cm³/mol. The quantitative estimate of drug-likeness (QED) is 0.811. The van der Waals surface area contributed by atoms with Crippen LogP contribution in [0.5, 0.6) is 0 Å². The monoisotopic (exact) mass is 262 g/mol. The number of nitrogens with one attached hydrogen (secondary N) is 1. The summed E-state index contributed by atoms with van der Waals surface area (Å²) >= 11 is 1.40. The van der Waals surface area contributed by atoms with Crippen molar-refractivity contribution in [3.05, 3.63) is 28.2 Å². The van der Waals surface area contributed by atoms with Crippen molar-refractivity contribution in [3.8, 4) is 6.07 Å². The second-order valence-electron chi connectivity index (χ2n) is 3.83. The Kier molecular flexibility index (Phi) is 3.44. The van der Waals surface area contributed by atoms with Gasteiger partial charge < -0.3 is 10.4 Å². The summed E-state index contributed by atoms with van der Waals surface area (Å²) in [4.78, 5) is 22.9. The molecule has 6 heteroatoms. The molecular weight excluding hydrogens is 252 g/mol. The van der Waals surface area contributed by atoms with E-state index in [1.54, 1.807) is 0 Å². The van der Waals surface area contributed by atoms with Crippen LogP contribution in [-0.2, 0) is 22.4 Å². The first-order valence-electron chi connectivity index (χ1n) is 5.38. The van der Waals surface area contributed by atoms with Crippen molar-refractivity contribution in [2.24, 2.45) is 0 Å². The van der Waals surface area contributed by atoms with Gasteiger partial charge in [-0.05, 0) is 24.8 Å². The first-order chi connectivity index (χ1) is 8.61. The normalized spacial score (nSPS) is 13.3. The van der Waals surface area contributed by atoms with Gasteiger partial charge in [-0.25, -0.2) is 4.79 Å². The van der Waals surface area contributed by atoms with Crippen LogP contribution in [0.3, 0.4) is 0 Å². The Morgan fingerprint density at radius 3 is 2.83 bits per heavy atom. The molecule has 0 bridgehead atoms. The number of carboxylic acid groups (broad SMARTS) is 1. The van der Waals surface area contributed by atoms with E-state index >= 15 is 0 Å². The van der Waals surface area contributed by atoms with Crippen LogP contribution in [0.25, 0.3) is 0 Å². The number of fused-ring (bicyclic) bond motifs is 1. The molecule has 1 aliphatic rings. The molecule has 0 atom stereocenters. The minimum absolute atomic E-state index is 0.516. The second kappa shape index (κ2) is 5.02. The van der Waals surface area contributed by atoms with E-state index in [4.69, 9.17) is 10.4 Å². The summed E-state index contributed by atoms with van der Waals surface area (Å²) in [6.07, 6.45) is 4.56. The van der Waals surface area contributed by atoms with E-state index in [2.05, 4.69) is 11.4 Å². The molecule has 0 unspecified atom stereocenters. The molecular formula is C12H10N2O3S. The van der Waals surface area contributed by atoms with Crippen molar-refractivity contribution in [3.63, 3.8) is 0 Å². The van der Waals surface area contributed by atoms with E-state index in [-0.39, 0.29) is 0 Å². The number of nitriles is 1. The Morgan fingerprint density at radius 1 is 1.39 bits per heavy atom. The van der Waals surface area contributed by atoms with Crippen molar-refractivity contribution < 1.29 is 14.7 Å². The number of carbonyl (C=O) groups is 2. The van der Waals surface area contributed by atoms with E-state index in [1.807, 2.05) is 0 Å². The minimum atomic E-state index is -1.18. The number of thiophene rings is 1. The third-order valence-electron chi connectivity index (χ3n) is 2.65. The highest BCUT2D eigenvalue weighted by atomic mass is 32.1. The molecule has 0 aliphatic heterocycles. The fourth-order valence-electron chi connectivity index (χ4n) is 1.91. The maximum absolute atomic E-state index is 11.4. The SMILES string of the molecule is N#Cc1c(NC(=O)/C=C/C(=O)O)sc2c1CCC2. The Morgan fingerprint density at radius 2 is 2.17 bits per heavy atom. The number of aliphatic carboxylic acids is 1. The van der Waals surface area contributed by atoms with Crippen LogP contribution in [0.1, 0.15) is 22.4 Å². The van der Waals surface area contributed by atoms with Crippen LogP contribution in [-0.4, -0.2) is 17.0 Å². The Balaban J connectivity index is 2.18. The van der Waals surface area contributed by atoms with Gasteiger partial charge in [0.1, 0.15) is 11.1 Å².